The highest BCUT2D eigenvalue weighted by Gasteiger charge is 2.21. The van der Waals surface area contributed by atoms with Crippen LogP contribution in [0.5, 0.6) is 0 Å². The number of nitrogens with zero attached hydrogens (tertiary/aromatic N) is 6. The van der Waals surface area contributed by atoms with Crippen molar-refractivity contribution in [1.82, 2.24) is 20.5 Å². The molecule has 0 amide bonds. The van der Waals surface area contributed by atoms with Crippen LogP contribution in [0, 0.1) is 10.1 Å². The topological polar surface area (TPSA) is 157 Å². The Balaban J connectivity index is 1.07. The van der Waals surface area contributed by atoms with E-state index >= 15 is 0 Å². The third-order valence-electron chi connectivity index (χ3n) is 6.51. The molecule has 208 valence electrons. The van der Waals surface area contributed by atoms with Gasteiger partial charge in [0.05, 0.1) is 15.5 Å². The van der Waals surface area contributed by atoms with Crippen molar-refractivity contribution in [3.8, 4) is 0 Å². The Hall–Kier alpha value is -3.65. The van der Waals surface area contributed by atoms with Crippen molar-refractivity contribution < 1.29 is 18.0 Å². The second kappa shape index (κ2) is 13.4. The molecule has 39 heavy (non-hydrogen) atoms. The summed E-state index contributed by atoms with van der Waals surface area (Å²) >= 11 is 1.13. The molecule has 0 aliphatic heterocycles. The number of benzene rings is 2. The molecular formula is C25H31N7O5S2. The minimum Gasteiger partial charge on any atom is -0.373 e. The largest absolute Gasteiger partial charge is 0.373 e. The van der Waals surface area contributed by atoms with Crippen LogP contribution in [0.2, 0.25) is 0 Å². The van der Waals surface area contributed by atoms with Crippen LogP contribution < -0.4 is 9.62 Å². The normalized spacial score (nSPS) is 11.6. The van der Waals surface area contributed by atoms with Crippen molar-refractivity contribution in [2.45, 2.75) is 62.7 Å². The number of nitro benzene ring substituents is 1. The first kappa shape index (κ1) is 28.4. The van der Waals surface area contributed by atoms with E-state index in [4.69, 9.17) is 4.63 Å². The highest BCUT2D eigenvalue weighted by molar-refractivity contribution is 7.93. The standard InChI is InChI=1S/C25H31N7O5S2/c1-31(21-15-16-22(32(33)34)24-23(21)28-37-29-24)17-9-7-5-3-2-4-6-8-10-19-11-13-20(14-12-19)39(35,36)30-25-27-26-18-38-25/h11-16,18H,2-10,17H2,1H3,(H,27,30). The molecule has 0 aliphatic carbocycles. The molecule has 4 rings (SSSR count). The van der Waals surface area contributed by atoms with E-state index in [0.29, 0.717) is 5.52 Å². The summed E-state index contributed by atoms with van der Waals surface area (Å²) in [5.74, 6) is 0. The predicted molar refractivity (Wildman–Crippen MR) is 150 cm³/mol. The van der Waals surface area contributed by atoms with Crippen molar-refractivity contribution in [3.63, 3.8) is 0 Å². The summed E-state index contributed by atoms with van der Waals surface area (Å²) < 4.78 is 32.0. The first-order valence-electron chi connectivity index (χ1n) is 12.8. The van der Waals surface area contributed by atoms with Crippen molar-refractivity contribution in [2.24, 2.45) is 0 Å². The van der Waals surface area contributed by atoms with Crippen LogP contribution in [-0.2, 0) is 16.4 Å². The van der Waals surface area contributed by atoms with Gasteiger partial charge in [-0.05, 0) is 53.3 Å². The average molecular weight is 574 g/mol. The fourth-order valence-electron chi connectivity index (χ4n) is 4.38. The quantitative estimate of drug-likeness (QED) is 0.102. The van der Waals surface area contributed by atoms with E-state index < -0.39 is 14.9 Å². The molecule has 14 heteroatoms. The number of aromatic nitrogens is 4. The maximum atomic E-state index is 12.4. The van der Waals surface area contributed by atoms with Gasteiger partial charge in [0.15, 0.2) is 5.52 Å². The van der Waals surface area contributed by atoms with Crippen molar-refractivity contribution in [3.05, 3.63) is 57.6 Å². The number of fused-ring (bicyclic) bond motifs is 1. The Kier molecular flexibility index (Phi) is 9.76. The molecule has 2 heterocycles. The molecule has 0 aliphatic rings. The van der Waals surface area contributed by atoms with E-state index in [1.54, 1.807) is 18.2 Å². The fraction of sp³-hybridized carbons (Fsp3) is 0.440. The summed E-state index contributed by atoms with van der Waals surface area (Å²) in [4.78, 5) is 12.9. The van der Waals surface area contributed by atoms with E-state index in [1.165, 1.54) is 30.8 Å². The van der Waals surface area contributed by atoms with Gasteiger partial charge in [0.1, 0.15) is 5.51 Å². The maximum absolute atomic E-state index is 12.4. The number of nitro groups is 1. The first-order valence-corrected chi connectivity index (χ1v) is 15.2. The Morgan fingerprint density at radius 2 is 1.62 bits per heavy atom. The molecule has 2 aromatic heterocycles. The molecule has 0 bridgehead atoms. The number of aryl methyl sites for hydroxylation is 1. The SMILES string of the molecule is CN(CCCCCCCCCCc1ccc(S(=O)(=O)Nc2nncs2)cc1)c1ccc([N+](=O)[O-])c2nonc12. The van der Waals surface area contributed by atoms with Gasteiger partial charge in [0.25, 0.3) is 10.0 Å². The number of hydrogen-bond donors (Lipinski definition) is 1. The van der Waals surface area contributed by atoms with Gasteiger partial charge in [-0.25, -0.2) is 13.0 Å². The third-order valence-corrected chi connectivity index (χ3v) is 8.60. The van der Waals surface area contributed by atoms with E-state index in [-0.39, 0.29) is 21.2 Å². The van der Waals surface area contributed by atoms with E-state index in [9.17, 15) is 18.5 Å². The summed E-state index contributed by atoms with van der Waals surface area (Å²) in [5.41, 5.74) is 3.85. The van der Waals surface area contributed by atoms with E-state index in [2.05, 4.69) is 25.2 Å². The summed E-state index contributed by atoms with van der Waals surface area (Å²) in [6, 6.07) is 10.1. The van der Waals surface area contributed by atoms with Crippen LogP contribution in [-0.4, -0.2) is 47.4 Å². The monoisotopic (exact) mass is 573 g/mol. The summed E-state index contributed by atoms with van der Waals surface area (Å²) in [6.45, 7) is 0.818. The molecular weight excluding hydrogens is 542 g/mol. The van der Waals surface area contributed by atoms with Gasteiger partial charge < -0.3 is 4.90 Å². The zero-order valence-corrected chi connectivity index (χ0v) is 23.3. The van der Waals surface area contributed by atoms with Crippen LogP contribution in [0.15, 0.2) is 51.4 Å². The minimum atomic E-state index is -3.65. The van der Waals surface area contributed by atoms with Crippen molar-refractivity contribution in [2.75, 3.05) is 23.2 Å². The zero-order valence-electron chi connectivity index (χ0n) is 21.7. The lowest BCUT2D eigenvalue weighted by Crippen LogP contribution is -2.18. The van der Waals surface area contributed by atoms with Gasteiger partial charge in [-0.1, -0.05) is 62.0 Å². The summed E-state index contributed by atoms with van der Waals surface area (Å²) in [7, 11) is -1.70. The Bertz CT molecular complexity index is 1460. The molecule has 4 aromatic rings. The third kappa shape index (κ3) is 7.69. The molecule has 0 atom stereocenters. The van der Waals surface area contributed by atoms with E-state index in [1.807, 2.05) is 24.1 Å². The minimum absolute atomic E-state index is 0.106. The van der Waals surface area contributed by atoms with Gasteiger partial charge in [0.2, 0.25) is 10.6 Å². The van der Waals surface area contributed by atoms with Gasteiger partial charge in [-0.15, -0.1) is 10.2 Å². The maximum Gasteiger partial charge on any atom is 0.300 e. The van der Waals surface area contributed by atoms with Crippen LogP contribution in [0.25, 0.3) is 11.0 Å². The lowest BCUT2D eigenvalue weighted by atomic mass is 10.0. The molecule has 0 fully saturated rings. The Labute approximate surface area is 230 Å². The number of unbranched alkanes of at least 4 members (excludes halogenated alkanes) is 7. The van der Waals surface area contributed by atoms with Crippen molar-refractivity contribution in [1.29, 1.82) is 0 Å². The van der Waals surface area contributed by atoms with Crippen LogP contribution >= 0.6 is 11.3 Å². The number of hydrogen-bond acceptors (Lipinski definition) is 11. The molecule has 2 aromatic carbocycles. The lowest BCUT2D eigenvalue weighted by molar-refractivity contribution is -0.383. The number of sulfonamides is 1. The summed E-state index contributed by atoms with van der Waals surface area (Å²) in [6.07, 6.45) is 9.99. The first-order chi connectivity index (χ1) is 18.8. The number of non-ortho nitro benzene ring substituents is 1. The second-order valence-corrected chi connectivity index (χ2v) is 11.8. The number of nitrogens with one attached hydrogen (secondary N) is 1. The molecule has 12 nitrogen and oxygen atoms in total. The fourth-order valence-corrected chi connectivity index (χ4v) is 6.07. The predicted octanol–water partition coefficient (Wildman–Crippen LogP) is 5.58. The molecule has 0 saturated carbocycles. The number of rotatable bonds is 16. The second-order valence-electron chi connectivity index (χ2n) is 9.32. The van der Waals surface area contributed by atoms with Crippen LogP contribution in [0.4, 0.5) is 16.5 Å². The van der Waals surface area contributed by atoms with Gasteiger partial charge in [-0.3, -0.25) is 14.8 Å². The zero-order chi connectivity index (χ0) is 27.7. The highest BCUT2D eigenvalue weighted by atomic mass is 32.2. The lowest BCUT2D eigenvalue weighted by Gasteiger charge is -2.19. The van der Waals surface area contributed by atoms with E-state index in [0.717, 1.165) is 67.7 Å². The Morgan fingerprint density at radius 1 is 0.949 bits per heavy atom. The summed E-state index contributed by atoms with van der Waals surface area (Å²) in [5, 5.41) is 26.3. The molecule has 0 unspecified atom stereocenters. The Morgan fingerprint density at radius 3 is 2.28 bits per heavy atom. The molecule has 0 radical (unpaired) electrons. The molecule has 1 N–H and O–H groups in total. The van der Waals surface area contributed by atoms with Gasteiger partial charge in [0, 0.05) is 19.7 Å². The smallest absolute Gasteiger partial charge is 0.300 e. The number of anilines is 2. The van der Waals surface area contributed by atoms with Crippen LogP contribution in [0.3, 0.4) is 0 Å². The average Bonchev–Trinajstić information content (AvgIpc) is 3.61. The van der Waals surface area contributed by atoms with Crippen LogP contribution in [0.1, 0.15) is 56.9 Å². The van der Waals surface area contributed by atoms with Gasteiger partial charge >= 0.3 is 5.69 Å². The van der Waals surface area contributed by atoms with Gasteiger partial charge in [-0.2, -0.15) is 0 Å². The highest BCUT2D eigenvalue weighted by Crippen LogP contribution is 2.30. The molecule has 0 spiro atoms. The van der Waals surface area contributed by atoms with Crippen molar-refractivity contribution >= 4 is 48.9 Å². The molecule has 0 saturated heterocycles.